The molecule has 1 aliphatic heterocycles. The molecule has 0 fully saturated rings. The van der Waals surface area contributed by atoms with Gasteiger partial charge in [0.15, 0.2) is 0 Å². The second kappa shape index (κ2) is 6.93. The number of nitrogens with one attached hydrogen (secondary N) is 1. The lowest BCUT2D eigenvalue weighted by molar-refractivity contribution is 0.0940. The van der Waals surface area contributed by atoms with E-state index in [4.69, 9.17) is 11.6 Å². The monoisotopic (exact) mass is 392 g/mol. The molecule has 0 spiro atoms. The van der Waals surface area contributed by atoms with Crippen LogP contribution in [0.3, 0.4) is 0 Å². The Labute approximate surface area is 159 Å². The van der Waals surface area contributed by atoms with Gasteiger partial charge in [0.2, 0.25) is 10.0 Å². The Bertz CT molecular complexity index is 959. The highest BCUT2D eigenvalue weighted by Crippen LogP contribution is 2.34. The minimum atomic E-state index is -3.34. The molecule has 1 amide bonds. The van der Waals surface area contributed by atoms with Crippen LogP contribution in [0.4, 0.5) is 5.69 Å². The molecule has 2 aromatic carbocycles. The molecule has 2 atom stereocenters. The number of benzene rings is 2. The summed E-state index contributed by atoms with van der Waals surface area (Å²) in [5, 5.41) is 3.58. The van der Waals surface area contributed by atoms with Gasteiger partial charge in [0.05, 0.1) is 18.0 Å². The highest BCUT2D eigenvalue weighted by Gasteiger charge is 2.32. The predicted octanol–water partition coefficient (Wildman–Crippen LogP) is 3.54. The molecule has 2 aromatic rings. The van der Waals surface area contributed by atoms with Gasteiger partial charge in [0.25, 0.3) is 5.91 Å². The van der Waals surface area contributed by atoms with Gasteiger partial charge in [0.1, 0.15) is 0 Å². The molecule has 3 rings (SSSR count). The average molecular weight is 393 g/mol. The third-order valence-corrected chi connectivity index (χ3v) is 6.05. The van der Waals surface area contributed by atoms with Gasteiger partial charge in [-0.3, -0.25) is 9.10 Å². The zero-order chi connectivity index (χ0) is 19.1. The van der Waals surface area contributed by atoms with E-state index < -0.39 is 10.0 Å². The number of sulfonamides is 1. The number of anilines is 1. The Morgan fingerprint density at radius 1 is 1.27 bits per heavy atom. The minimum Gasteiger partial charge on any atom is -0.346 e. The molecular weight excluding hydrogens is 372 g/mol. The Kier molecular flexibility index (Phi) is 4.99. The summed E-state index contributed by atoms with van der Waals surface area (Å²) in [6, 6.07) is 12.2. The summed E-state index contributed by atoms with van der Waals surface area (Å²) < 4.78 is 25.4. The number of hydrogen-bond donors (Lipinski definition) is 1. The molecule has 1 N–H and O–H groups in total. The van der Waals surface area contributed by atoms with Crippen LogP contribution in [0.2, 0.25) is 5.02 Å². The molecule has 0 aromatic heterocycles. The van der Waals surface area contributed by atoms with Crippen molar-refractivity contribution in [2.45, 2.75) is 32.4 Å². The highest BCUT2D eigenvalue weighted by atomic mass is 35.5. The molecule has 0 saturated heterocycles. The smallest absolute Gasteiger partial charge is 0.251 e. The second-order valence-electron chi connectivity index (χ2n) is 6.71. The first-order valence-corrected chi connectivity index (χ1v) is 10.6. The maximum absolute atomic E-state index is 12.6. The van der Waals surface area contributed by atoms with E-state index >= 15 is 0 Å². The molecular formula is C19H21ClN2O3S. The molecule has 138 valence electrons. The molecule has 1 heterocycles. The van der Waals surface area contributed by atoms with Crippen molar-refractivity contribution in [3.8, 4) is 0 Å². The number of hydrogen-bond acceptors (Lipinski definition) is 3. The fourth-order valence-electron chi connectivity index (χ4n) is 3.39. The van der Waals surface area contributed by atoms with Gasteiger partial charge >= 0.3 is 0 Å². The van der Waals surface area contributed by atoms with Crippen LogP contribution in [0.25, 0.3) is 0 Å². The third kappa shape index (κ3) is 3.71. The molecule has 1 aliphatic rings. The average Bonchev–Trinajstić information content (AvgIpc) is 2.89. The van der Waals surface area contributed by atoms with E-state index in [0.717, 1.165) is 11.1 Å². The first-order valence-electron chi connectivity index (χ1n) is 8.35. The summed E-state index contributed by atoms with van der Waals surface area (Å²) in [4.78, 5) is 12.6. The topological polar surface area (TPSA) is 66.5 Å². The standard InChI is InChI=1S/C19H21ClN2O3S/c1-12-9-16-10-15(7-8-18(16)22(12)26(3,24)25)19(23)21-13(2)14-5-4-6-17(20)11-14/h4-8,10-13H,9H2,1-3H3,(H,21,23)/t12-,13+/m1/s1. The van der Waals surface area contributed by atoms with E-state index in [2.05, 4.69) is 5.32 Å². The zero-order valence-corrected chi connectivity index (χ0v) is 16.4. The zero-order valence-electron chi connectivity index (χ0n) is 14.9. The molecule has 0 bridgehead atoms. The molecule has 0 saturated carbocycles. The van der Waals surface area contributed by atoms with E-state index in [0.29, 0.717) is 22.7 Å². The number of rotatable bonds is 4. The van der Waals surface area contributed by atoms with Crippen LogP contribution >= 0.6 is 11.6 Å². The van der Waals surface area contributed by atoms with Gasteiger partial charge in [-0.05, 0) is 61.7 Å². The summed E-state index contributed by atoms with van der Waals surface area (Å²) in [5.41, 5.74) is 2.95. The van der Waals surface area contributed by atoms with Gasteiger partial charge in [-0.15, -0.1) is 0 Å². The molecule has 26 heavy (non-hydrogen) atoms. The van der Waals surface area contributed by atoms with E-state index in [1.807, 2.05) is 32.0 Å². The number of carbonyl (C=O) groups is 1. The van der Waals surface area contributed by atoms with Crippen LogP contribution in [0.1, 0.15) is 41.4 Å². The van der Waals surface area contributed by atoms with Crippen molar-refractivity contribution >= 4 is 33.2 Å². The second-order valence-corrected chi connectivity index (χ2v) is 9.00. The quantitative estimate of drug-likeness (QED) is 0.865. The lowest BCUT2D eigenvalue weighted by Gasteiger charge is -2.22. The van der Waals surface area contributed by atoms with Crippen molar-refractivity contribution in [3.05, 3.63) is 64.2 Å². The Balaban J connectivity index is 1.81. The summed E-state index contributed by atoms with van der Waals surface area (Å²) in [7, 11) is -3.34. The first kappa shape index (κ1) is 18.7. The SMILES string of the molecule is C[C@H](NC(=O)c1ccc2c(c1)C[C@@H](C)N2S(C)(=O)=O)c1cccc(Cl)c1. The van der Waals surface area contributed by atoms with E-state index in [1.165, 1.54) is 10.6 Å². The van der Waals surface area contributed by atoms with Crippen LogP contribution in [-0.4, -0.2) is 26.6 Å². The van der Waals surface area contributed by atoms with Crippen molar-refractivity contribution in [1.82, 2.24) is 5.32 Å². The fourth-order valence-corrected chi connectivity index (χ4v) is 4.85. The Morgan fingerprint density at radius 2 is 2.00 bits per heavy atom. The molecule has 0 aliphatic carbocycles. The van der Waals surface area contributed by atoms with E-state index in [9.17, 15) is 13.2 Å². The number of nitrogens with zero attached hydrogens (tertiary/aromatic N) is 1. The normalized spacial score (nSPS) is 17.7. The number of amides is 1. The van der Waals surface area contributed by atoms with Crippen LogP contribution in [-0.2, 0) is 16.4 Å². The summed E-state index contributed by atoms with van der Waals surface area (Å²) in [6.45, 7) is 3.76. The first-order chi connectivity index (χ1) is 12.2. The van der Waals surface area contributed by atoms with Crippen LogP contribution in [0.5, 0.6) is 0 Å². The van der Waals surface area contributed by atoms with Gasteiger partial charge in [-0.1, -0.05) is 23.7 Å². The number of carbonyl (C=O) groups excluding carboxylic acids is 1. The Morgan fingerprint density at radius 3 is 2.65 bits per heavy atom. The summed E-state index contributed by atoms with van der Waals surface area (Å²) in [5.74, 6) is -0.203. The van der Waals surface area contributed by atoms with Crippen molar-refractivity contribution in [2.75, 3.05) is 10.6 Å². The fraction of sp³-hybridized carbons (Fsp3) is 0.316. The molecule has 5 nitrogen and oxygen atoms in total. The van der Waals surface area contributed by atoms with Crippen molar-refractivity contribution < 1.29 is 13.2 Å². The van der Waals surface area contributed by atoms with Crippen LogP contribution in [0, 0.1) is 0 Å². The molecule has 0 radical (unpaired) electrons. The maximum Gasteiger partial charge on any atom is 0.251 e. The van der Waals surface area contributed by atoms with Gasteiger partial charge in [0, 0.05) is 16.6 Å². The minimum absolute atomic E-state index is 0.149. The lowest BCUT2D eigenvalue weighted by atomic mass is 10.0. The molecule has 0 unspecified atom stereocenters. The maximum atomic E-state index is 12.6. The van der Waals surface area contributed by atoms with E-state index in [1.54, 1.807) is 24.3 Å². The Hall–Kier alpha value is -2.05. The largest absolute Gasteiger partial charge is 0.346 e. The van der Waals surface area contributed by atoms with Gasteiger partial charge in [-0.25, -0.2) is 8.42 Å². The van der Waals surface area contributed by atoms with Crippen LogP contribution in [0.15, 0.2) is 42.5 Å². The van der Waals surface area contributed by atoms with Crippen molar-refractivity contribution in [3.63, 3.8) is 0 Å². The number of halogens is 1. The lowest BCUT2D eigenvalue weighted by Crippen LogP contribution is -2.34. The summed E-state index contributed by atoms with van der Waals surface area (Å²) >= 11 is 6.00. The van der Waals surface area contributed by atoms with Crippen LogP contribution < -0.4 is 9.62 Å². The molecule has 7 heteroatoms. The summed E-state index contributed by atoms with van der Waals surface area (Å²) in [6.07, 6.45) is 1.79. The van der Waals surface area contributed by atoms with Gasteiger partial charge in [-0.2, -0.15) is 0 Å². The van der Waals surface area contributed by atoms with Crippen molar-refractivity contribution in [1.29, 1.82) is 0 Å². The highest BCUT2D eigenvalue weighted by molar-refractivity contribution is 7.92. The van der Waals surface area contributed by atoms with Gasteiger partial charge < -0.3 is 5.32 Å². The number of fused-ring (bicyclic) bond motifs is 1. The van der Waals surface area contributed by atoms with E-state index in [-0.39, 0.29) is 18.0 Å². The van der Waals surface area contributed by atoms with Crippen molar-refractivity contribution in [2.24, 2.45) is 0 Å². The predicted molar refractivity (Wildman–Crippen MR) is 104 cm³/mol. The third-order valence-electron chi connectivity index (χ3n) is 4.55.